The zero-order chi connectivity index (χ0) is 14.0. The lowest BCUT2D eigenvalue weighted by atomic mass is 10.2. The Hall–Kier alpha value is -1.78. The highest BCUT2D eigenvalue weighted by atomic mass is 35.5. The Morgan fingerprint density at radius 3 is 2.37 bits per heavy atom. The number of nitrogen functional groups attached to an aromatic ring is 1. The van der Waals surface area contributed by atoms with E-state index in [9.17, 15) is 9.18 Å². The smallest absolute Gasteiger partial charge is 0.255 e. The van der Waals surface area contributed by atoms with Crippen molar-refractivity contribution in [1.29, 1.82) is 0 Å². The average Bonchev–Trinajstić information content (AvgIpc) is 2.25. The molecule has 6 heteroatoms. The number of hydrogen-bond acceptors (Lipinski definition) is 2. The lowest BCUT2D eigenvalue weighted by Crippen LogP contribution is -2.12. The largest absolute Gasteiger partial charge is 0.399 e. The maximum absolute atomic E-state index is 13.1. The lowest BCUT2D eigenvalue weighted by molar-refractivity contribution is 0.102. The Morgan fingerprint density at radius 1 is 1.05 bits per heavy atom. The maximum Gasteiger partial charge on any atom is 0.255 e. The van der Waals surface area contributed by atoms with Gasteiger partial charge in [-0.1, -0.05) is 23.2 Å². The van der Waals surface area contributed by atoms with Gasteiger partial charge in [-0.05, 0) is 36.4 Å². The van der Waals surface area contributed by atoms with Crippen LogP contribution in [0.25, 0.3) is 0 Å². The number of carbonyl (C=O) groups is 1. The van der Waals surface area contributed by atoms with E-state index in [-0.39, 0.29) is 16.3 Å². The van der Waals surface area contributed by atoms with Crippen molar-refractivity contribution < 1.29 is 9.18 Å². The predicted octanol–water partition coefficient (Wildman–Crippen LogP) is 3.97. The Morgan fingerprint density at radius 2 is 1.74 bits per heavy atom. The molecule has 0 fully saturated rings. The van der Waals surface area contributed by atoms with Gasteiger partial charge in [0.2, 0.25) is 0 Å². The van der Waals surface area contributed by atoms with Crippen LogP contribution < -0.4 is 11.1 Å². The van der Waals surface area contributed by atoms with Crippen molar-refractivity contribution >= 4 is 40.5 Å². The zero-order valence-corrected chi connectivity index (χ0v) is 11.1. The average molecular weight is 299 g/mol. The van der Waals surface area contributed by atoms with Crippen LogP contribution >= 0.6 is 23.2 Å². The summed E-state index contributed by atoms with van der Waals surface area (Å²) in [5.41, 5.74) is 6.50. The second-order valence-electron chi connectivity index (χ2n) is 3.89. The van der Waals surface area contributed by atoms with Crippen LogP contribution in [0.4, 0.5) is 15.8 Å². The standard InChI is InChI=1S/C13H9Cl2FN2O/c14-8-1-7(2-11(17)4-8)13(19)18-12-5-9(15)3-10(16)6-12/h1-6H,17H2,(H,18,19). The van der Waals surface area contributed by atoms with Crippen LogP contribution in [0, 0.1) is 5.82 Å². The van der Waals surface area contributed by atoms with E-state index in [2.05, 4.69) is 5.32 Å². The molecule has 19 heavy (non-hydrogen) atoms. The molecule has 0 atom stereocenters. The van der Waals surface area contributed by atoms with E-state index in [1.807, 2.05) is 0 Å². The fourth-order valence-corrected chi connectivity index (χ4v) is 2.04. The Kier molecular flexibility index (Phi) is 3.93. The number of anilines is 2. The Balaban J connectivity index is 2.25. The summed E-state index contributed by atoms with van der Waals surface area (Å²) in [7, 11) is 0. The molecular weight excluding hydrogens is 290 g/mol. The summed E-state index contributed by atoms with van der Waals surface area (Å²) in [6.07, 6.45) is 0. The molecule has 0 aromatic heterocycles. The quantitative estimate of drug-likeness (QED) is 0.824. The second-order valence-corrected chi connectivity index (χ2v) is 4.76. The molecule has 0 heterocycles. The van der Waals surface area contributed by atoms with Gasteiger partial charge in [-0.3, -0.25) is 4.79 Å². The van der Waals surface area contributed by atoms with Gasteiger partial charge in [0.25, 0.3) is 5.91 Å². The molecule has 2 aromatic rings. The van der Waals surface area contributed by atoms with Crippen molar-refractivity contribution in [2.45, 2.75) is 0 Å². The third-order valence-corrected chi connectivity index (χ3v) is 2.74. The molecule has 0 saturated heterocycles. The van der Waals surface area contributed by atoms with Gasteiger partial charge in [-0.2, -0.15) is 0 Å². The summed E-state index contributed by atoms with van der Waals surface area (Å²) in [6.45, 7) is 0. The number of nitrogens with one attached hydrogen (secondary N) is 1. The molecule has 2 aromatic carbocycles. The summed E-state index contributed by atoms with van der Waals surface area (Å²) in [5.74, 6) is -0.982. The van der Waals surface area contributed by atoms with E-state index >= 15 is 0 Å². The number of amides is 1. The topological polar surface area (TPSA) is 55.1 Å². The highest BCUT2D eigenvalue weighted by molar-refractivity contribution is 6.31. The van der Waals surface area contributed by atoms with Crippen molar-refractivity contribution in [3.8, 4) is 0 Å². The normalized spacial score (nSPS) is 10.3. The highest BCUT2D eigenvalue weighted by Crippen LogP contribution is 2.21. The maximum atomic E-state index is 13.1. The number of benzene rings is 2. The lowest BCUT2D eigenvalue weighted by Gasteiger charge is -2.07. The molecule has 0 spiro atoms. The molecule has 2 rings (SSSR count). The number of hydrogen-bond donors (Lipinski definition) is 2. The molecule has 0 aliphatic rings. The molecule has 0 unspecified atom stereocenters. The van der Waals surface area contributed by atoms with Crippen LogP contribution in [0.5, 0.6) is 0 Å². The van der Waals surface area contributed by atoms with E-state index < -0.39 is 11.7 Å². The van der Waals surface area contributed by atoms with Crippen LogP contribution in [-0.2, 0) is 0 Å². The fourth-order valence-electron chi connectivity index (χ4n) is 1.57. The van der Waals surface area contributed by atoms with E-state index in [1.54, 1.807) is 0 Å². The van der Waals surface area contributed by atoms with E-state index in [0.717, 1.165) is 12.1 Å². The monoisotopic (exact) mass is 298 g/mol. The van der Waals surface area contributed by atoms with Crippen LogP contribution in [0.3, 0.4) is 0 Å². The molecule has 0 aliphatic carbocycles. The molecule has 0 bridgehead atoms. The molecule has 0 saturated carbocycles. The van der Waals surface area contributed by atoms with Gasteiger partial charge in [0.05, 0.1) is 0 Å². The summed E-state index contributed by atoms with van der Waals surface area (Å²) in [5, 5.41) is 3.06. The van der Waals surface area contributed by atoms with Gasteiger partial charge in [0.1, 0.15) is 5.82 Å². The van der Waals surface area contributed by atoms with Gasteiger partial charge >= 0.3 is 0 Å². The van der Waals surface area contributed by atoms with Crippen molar-refractivity contribution in [2.24, 2.45) is 0 Å². The van der Waals surface area contributed by atoms with Gasteiger partial charge < -0.3 is 11.1 Å². The van der Waals surface area contributed by atoms with E-state index in [4.69, 9.17) is 28.9 Å². The van der Waals surface area contributed by atoms with Crippen molar-refractivity contribution in [3.63, 3.8) is 0 Å². The van der Waals surface area contributed by atoms with Crippen molar-refractivity contribution in [1.82, 2.24) is 0 Å². The number of rotatable bonds is 2. The predicted molar refractivity (Wildman–Crippen MR) is 75.2 cm³/mol. The first kappa shape index (κ1) is 13.6. The number of nitrogens with two attached hydrogens (primary N) is 1. The molecular formula is C13H9Cl2FN2O. The van der Waals surface area contributed by atoms with Crippen molar-refractivity contribution in [2.75, 3.05) is 11.1 Å². The Labute approximate surface area is 119 Å². The first-order chi connectivity index (χ1) is 8.94. The number of halogens is 3. The summed E-state index contributed by atoms with van der Waals surface area (Å²) in [4.78, 5) is 12.0. The van der Waals surface area contributed by atoms with Crippen LogP contribution in [0.2, 0.25) is 10.0 Å². The molecule has 0 aliphatic heterocycles. The first-order valence-electron chi connectivity index (χ1n) is 5.27. The van der Waals surface area contributed by atoms with Crippen LogP contribution in [0.1, 0.15) is 10.4 Å². The van der Waals surface area contributed by atoms with Crippen molar-refractivity contribution in [3.05, 3.63) is 57.8 Å². The van der Waals surface area contributed by atoms with Crippen LogP contribution in [0.15, 0.2) is 36.4 Å². The van der Waals surface area contributed by atoms with Gasteiger partial charge in [-0.25, -0.2) is 4.39 Å². The molecule has 3 nitrogen and oxygen atoms in total. The summed E-state index contributed by atoms with van der Waals surface area (Å²) < 4.78 is 13.1. The highest BCUT2D eigenvalue weighted by Gasteiger charge is 2.09. The Bertz CT molecular complexity index is 606. The van der Waals surface area contributed by atoms with E-state index in [1.165, 1.54) is 24.3 Å². The number of carbonyl (C=O) groups excluding carboxylic acids is 1. The SMILES string of the molecule is Nc1cc(Cl)cc(C(=O)Nc2cc(F)cc(Cl)c2)c1. The molecule has 3 N–H and O–H groups in total. The third-order valence-electron chi connectivity index (χ3n) is 2.30. The van der Waals surface area contributed by atoms with Gasteiger partial charge in [-0.15, -0.1) is 0 Å². The minimum Gasteiger partial charge on any atom is -0.399 e. The first-order valence-corrected chi connectivity index (χ1v) is 6.03. The third kappa shape index (κ3) is 3.59. The van der Waals surface area contributed by atoms with Crippen LogP contribution in [-0.4, -0.2) is 5.91 Å². The molecule has 98 valence electrons. The summed E-state index contributed by atoms with van der Waals surface area (Å²) >= 11 is 11.5. The van der Waals surface area contributed by atoms with E-state index in [0.29, 0.717) is 10.7 Å². The minimum absolute atomic E-state index is 0.195. The molecule has 0 radical (unpaired) electrons. The van der Waals surface area contributed by atoms with Gasteiger partial charge in [0, 0.05) is 27.0 Å². The second kappa shape index (κ2) is 5.47. The minimum atomic E-state index is -0.534. The fraction of sp³-hybridized carbons (Fsp3) is 0. The van der Waals surface area contributed by atoms with Gasteiger partial charge in [0.15, 0.2) is 0 Å². The molecule has 1 amide bonds. The zero-order valence-electron chi connectivity index (χ0n) is 9.58. The summed E-state index contributed by atoms with van der Waals surface area (Å²) in [6, 6.07) is 8.22.